The predicted molar refractivity (Wildman–Crippen MR) is 112 cm³/mol. The number of ether oxygens (including phenoxy) is 1. The highest BCUT2D eigenvalue weighted by Crippen LogP contribution is 2.29. The van der Waals surface area contributed by atoms with Crippen LogP contribution in [0.15, 0.2) is 50.8 Å². The summed E-state index contributed by atoms with van der Waals surface area (Å²) in [5.74, 6) is 2.02. The molecule has 30 heavy (non-hydrogen) atoms. The number of hydrogen-bond donors (Lipinski definition) is 0. The van der Waals surface area contributed by atoms with Gasteiger partial charge in [0.05, 0.1) is 24.0 Å². The Balaban J connectivity index is 1.37. The zero-order chi connectivity index (χ0) is 20.3. The average molecular weight is 444 g/mol. The number of nitrogens with zero attached hydrogens (tertiary/aromatic N) is 5. The molecule has 0 spiro atoms. The molecule has 1 aliphatic rings. The highest BCUT2D eigenvalue weighted by molar-refractivity contribution is 7.98. The smallest absolute Gasteiger partial charge is 0.258 e. The second-order valence-electron chi connectivity index (χ2n) is 6.88. The molecule has 4 heterocycles. The number of aromatic nitrogens is 5. The zero-order valence-electron chi connectivity index (χ0n) is 15.9. The van der Waals surface area contributed by atoms with E-state index in [9.17, 15) is 4.39 Å². The Morgan fingerprint density at radius 1 is 1.17 bits per heavy atom. The molecule has 0 N–H and O–H groups in total. The lowest BCUT2D eigenvalue weighted by atomic mass is 10.2. The van der Waals surface area contributed by atoms with Crippen LogP contribution in [0.4, 0.5) is 4.39 Å². The number of hydrogen-bond acceptors (Lipinski definition) is 8. The normalized spacial score (nSPS) is 16.4. The van der Waals surface area contributed by atoms with Gasteiger partial charge in [0.2, 0.25) is 0 Å². The Morgan fingerprint density at radius 3 is 2.83 bits per heavy atom. The van der Waals surface area contributed by atoms with Crippen LogP contribution in [0.3, 0.4) is 0 Å². The number of benzene rings is 1. The maximum atomic E-state index is 13.4. The number of thiophene rings is 1. The van der Waals surface area contributed by atoms with Crippen molar-refractivity contribution in [2.24, 2.45) is 0 Å². The van der Waals surface area contributed by atoms with Crippen LogP contribution in [0.5, 0.6) is 0 Å². The van der Waals surface area contributed by atoms with E-state index in [4.69, 9.17) is 9.26 Å². The quantitative estimate of drug-likeness (QED) is 0.384. The standard InChI is InChI=1S/C20H18FN5O2S2/c21-15-5-3-13(4-6-15)18-23-24-20(26(18)10-16-2-1-8-27-16)30-12-17-22-19(28-25-17)14-7-9-29-11-14/h3-7,9,11,16H,1-2,8,10,12H2/t16-/m0/s1. The summed E-state index contributed by atoms with van der Waals surface area (Å²) in [6, 6.07) is 8.23. The lowest BCUT2D eigenvalue weighted by molar-refractivity contribution is 0.0953. The van der Waals surface area contributed by atoms with Crippen LogP contribution < -0.4 is 0 Å². The lowest BCUT2D eigenvalue weighted by Gasteiger charge is -2.14. The van der Waals surface area contributed by atoms with Gasteiger partial charge in [0.1, 0.15) is 5.82 Å². The van der Waals surface area contributed by atoms with Crippen molar-refractivity contribution in [3.63, 3.8) is 0 Å². The molecule has 1 atom stereocenters. The predicted octanol–water partition coefficient (Wildman–Crippen LogP) is 4.67. The zero-order valence-corrected chi connectivity index (χ0v) is 17.5. The van der Waals surface area contributed by atoms with Gasteiger partial charge >= 0.3 is 0 Å². The highest BCUT2D eigenvalue weighted by atomic mass is 32.2. The van der Waals surface area contributed by atoms with Crippen LogP contribution >= 0.6 is 23.1 Å². The van der Waals surface area contributed by atoms with Crippen molar-refractivity contribution >= 4 is 23.1 Å². The molecule has 0 bridgehead atoms. The molecule has 0 saturated carbocycles. The largest absolute Gasteiger partial charge is 0.376 e. The van der Waals surface area contributed by atoms with E-state index in [0.29, 0.717) is 29.8 Å². The molecule has 1 saturated heterocycles. The van der Waals surface area contributed by atoms with Crippen LogP contribution in [0.25, 0.3) is 22.8 Å². The first-order valence-corrected chi connectivity index (χ1v) is 11.5. The van der Waals surface area contributed by atoms with Crippen molar-refractivity contribution in [2.45, 2.75) is 36.4 Å². The van der Waals surface area contributed by atoms with Gasteiger partial charge in [-0.1, -0.05) is 16.9 Å². The molecule has 154 valence electrons. The van der Waals surface area contributed by atoms with Gasteiger partial charge in [0, 0.05) is 17.6 Å². The van der Waals surface area contributed by atoms with Crippen molar-refractivity contribution in [2.75, 3.05) is 6.61 Å². The molecule has 0 amide bonds. The lowest BCUT2D eigenvalue weighted by Crippen LogP contribution is -2.16. The summed E-state index contributed by atoms with van der Waals surface area (Å²) < 4.78 is 26.6. The minimum Gasteiger partial charge on any atom is -0.376 e. The molecular weight excluding hydrogens is 425 g/mol. The summed E-state index contributed by atoms with van der Waals surface area (Å²) in [7, 11) is 0. The van der Waals surface area contributed by atoms with Crippen LogP contribution in [0.2, 0.25) is 0 Å². The van der Waals surface area contributed by atoms with Crippen LogP contribution in [0, 0.1) is 5.82 Å². The maximum Gasteiger partial charge on any atom is 0.258 e. The van der Waals surface area contributed by atoms with Crippen molar-refractivity contribution in [3.8, 4) is 22.8 Å². The van der Waals surface area contributed by atoms with Crippen molar-refractivity contribution < 1.29 is 13.7 Å². The molecule has 5 rings (SSSR count). The minimum absolute atomic E-state index is 0.120. The van der Waals surface area contributed by atoms with E-state index in [2.05, 4.69) is 20.3 Å². The van der Waals surface area contributed by atoms with Gasteiger partial charge in [0.15, 0.2) is 16.8 Å². The van der Waals surface area contributed by atoms with Crippen molar-refractivity contribution in [1.29, 1.82) is 0 Å². The van der Waals surface area contributed by atoms with Crippen LogP contribution in [-0.4, -0.2) is 37.6 Å². The summed E-state index contributed by atoms with van der Waals surface area (Å²) in [4.78, 5) is 4.46. The summed E-state index contributed by atoms with van der Waals surface area (Å²) >= 11 is 3.07. The van der Waals surface area contributed by atoms with Crippen LogP contribution in [0.1, 0.15) is 18.7 Å². The van der Waals surface area contributed by atoms with Gasteiger partial charge in [0.25, 0.3) is 5.89 Å². The maximum absolute atomic E-state index is 13.4. The Labute approximate surface area is 180 Å². The highest BCUT2D eigenvalue weighted by Gasteiger charge is 2.22. The number of halogens is 1. The Kier molecular flexibility index (Phi) is 5.60. The third-order valence-corrected chi connectivity index (χ3v) is 6.44. The molecule has 3 aromatic heterocycles. The van der Waals surface area contributed by atoms with E-state index in [0.717, 1.165) is 35.7 Å². The van der Waals surface area contributed by atoms with Crippen molar-refractivity contribution in [3.05, 3.63) is 52.7 Å². The van der Waals surface area contributed by atoms with E-state index in [1.165, 1.54) is 23.9 Å². The summed E-state index contributed by atoms with van der Waals surface area (Å²) in [5.41, 5.74) is 1.73. The summed E-state index contributed by atoms with van der Waals surface area (Å²) in [6.45, 7) is 1.42. The molecule has 0 radical (unpaired) electrons. The van der Waals surface area contributed by atoms with E-state index in [-0.39, 0.29) is 11.9 Å². The molecular formula is C20H18FN5O2S2. The van der Waals surface area contributed by atoms with Gasteiger partial charge in [-0.05, 0) is 48.6 Å². The van der Waals surface area contributed by atoms with Gasteiger partial charge < -0.3 is 9.26 Å². The molecule has 1 fully saturated rings. The van der Waals surface area contributed by atoms with Crippen LogP contribution in [-0.2, 0) is 17.0 Å². The molecule has 1 aromatic carbocycles. The first kappa shape index (κ1) is 19.4. The minimum atomic E-state index is -0.280. The Morgan fingerprint density at radius 2 is 2.07 bits per heavy atom. The first-order valence-electron chi connectivity index (χ1n) is 9.55. The molecule has 0 unspecified atom stereocenters. The third kappa shape index (κ3) is 4.16. The topological polar surface area (TPSA) is 78.9 Å². The van der Waals surface area contributed by atoms with Gasteiger partial charge in [-0.2, -0.15) is 16.3 Å². The van der Waals surface area contributed by atoms with E-state index in [1.54, 1.807) is 23.5 Å². The molecule has 0 aliphatic carbocycles. The molecule has 10 heteroatoms. The van der Waals surface area contributed by atoms with Crippen molar-refractivity contribution in [1.82, 2.24) is 24.9 Å². The fraction of sp³-hybridized carbons (Fsp3) is 0.300. The number of rotatable bonds is 7. The monoisotopic (exact) mass is 443 g/mol. The number of thioether (sulfide) groups is 1. The third-order valence-electron chi connectivity index (χ3n) is 4.80. The van der Waals surface area contributed by atoms with E-state index < -0.39 is 0 Å². The summed E-state index contributed by atoms with van der Waals surface area (Å²) in [6.07, 6.45) is 2.17. The van der Waals surface area contributed by atoms with Gasteiger partial charge in [-0.3, -0.25) is 4.57 Å². The first-order chi connectivity index (χ1) is 14.8. The molecule has 4 aromatic rings. The molecule has 1 aliphatic heterocycles. The van der Waals surface area contributed by atoms with E-state index >= 15 is 0 Å². The van der Waals surface area contributed by atoms with Gasteiger partial charge in [-0.25, -0.2) is 4.39 Å². The Hall–Kier alpha value is -2.56. The van der Waals surface area contributed by atoms with E-state index in [1.807, 2.05) is 21.4 Å². The summed E-state index contributed by atoms with van der Waals surface area (Å²) in [5, 5.41) is 17.5. The second kappa shape index (κ2) is 8.66. The fourth-order valence-electron chi connectivity index (χ4n) is 3.31. The fourth-order valence-corrected chi connectivity index (χ4v) is 4.73. The van der Waals surface area contributed by atoms with Gasteiger partial charge in [-0.15, -0.1) is 10.2 Å². The second-order valence-corrected chi connectivity index (χ2v) is 8.60. The molecule has 7 nitrogen and oxygen atoms in total. The SMILES string of the molecule is Fc1ccc(-c2nnc(SCc3noc(-c4ccsc4)n3)n2C[C@@H]2CCCO2)cc1. The average Bonchev–Trinajstić information content (AvgIpc) is 3.55. The Bertz CT molecular complexity index is 1100.